The van der Waals surface area contributed by atoms with E-state index in [9.17, 15) is 14.4 Å². The van der Waals surface area contributed by atoms with Gasteiger partial charge in [0.25, 0.3) is 11.8 Å². The van der Waals surface area contributed by atoms with Crippen molar-refractivity contribution in [2.45, 2.75) is 0 Å². The van der Waals surface area contributed by atoms with E-state index in [1.165, 1.54) is 12.1 Å². The molecule has 1 aliphatic heterocycles. The zero-order valence-corrected chi connectivity index (χ0v) is 13.3. The van der Waals surface area contributed by atoms with Gasteiger partial charge in [-0.25, -0.2) is 4.79 Å². The van der Waals surface area contributed by atoms with Crippen LogP contribution >= 0.6 is 28.1 Å². The molecule has 2 rings (SSSR count). The molecule has 114 valence electrons. The largest absolute Gasteiger partial charge is 0.481 e. The summed E-state index contributed by atoms with van der Waals surface area (Å²) in [7, 11) is 0. The normalized spacial score (nSPS) is 14.2. The van der Waals surface area contributed by atoms with Gasteiger partial charge in [-0.3, -0.25) is 20.2 Å². The number of hydrogen-bond donors (Lipinski definition) is 3. The first-order valence-electron chi connectivity index (χ1n) is 5.89. The first-order chi connectivity index (χ1) is 10.4. The van der Waals surface area contributed by atoms with Crippen molar-refractivity contribution in [3.05, 3.63) is 33.8 Å². The standard InChI is InChI=1S/C13H9BrN2O5S/c14-7-1-2-9(21-5-10(17)18)6(3-7)4-8-11(19)15-13(22)16-12(8)20/h1-4H,5H2,(H,17,18)(H2,15,16,19,20,22). The Balaban J connectivity index is 2.38. The molecule has 1 fully saturated rings. The van der Waals surface area contributed by atoms with E-state index in [2.05, 4.69) is 26.6 Å². The summed E-state index contributed by atoms with van der Waals surface area (Å²) in [5.74, 6) is -2.19. The molecule has 1 aromatic carbocycles. The van der Waals surface area contributed by atoms with Gasteiger partial charge in [0, 0.05) is 10.0 Å². The van der Waals surface area contributed by atoms with E-state index in [-0.39, 0.29) is 16.4 Å². The highest BCUT2D eigenvalue weighted by atomic mass is 79.9. The van der Waals surface area contributed by atoms with Crippen LogP contribution in [0, 0.1) is 0 Å². The molecular formula is C13H9BrN2O5S. The highest BCUT2D eigenvalue weighted by molar-refractivity contribution is 9.10. The maximum absolute atomic E-state index is 11.8. The van der Waals surface area contributed by atoms with E-state index < -0.39 is 24.4 Å². The van der Waals surface area contributed by atoms with Crippen molar-refractivity contribution < 1.29 is 24.2 Å². The number of carboxylic acid groups (broad SMARTS) is 1. The van der Waals surface area contributed by atoms with Crippen molar-refractivity contribution in [2.24, 2.45) is 0 Å². The van der Waals surface area contributed by atoms with Crippen molar-refractivity contribution in [3.8, 4) is 5.75 Å². The maximum Gasteiger partial charge on any atom is 0.341 e. The monoisotopic (exact) mass is 384 g/mol. The van der Waals surface area contributed by atoms with Gasteiger partial charge in [-0.05, 0) is 36.5 Å². The molecule has 0 spiro atoms. The quantitative estimate of drug-likeness (QED) is 0.403. The van der Waals surface area contributed by atoms with Crippen LogP contribution in [-0.4, -0.2) is 34.6 Å². The predicted octanol–water partition coefficient (Wildman–Crippen LogP) is 0.827. The van der Waals surface area contributed by atoms with Crippen molar-refractivity contribution >= 4 is 57.1 Å². The lowest BCUT2D eigenvalue weighted by atomic mass is 10.1. The molecule has 0 bridgehead atoms. The van der Waals surface area contributed by atoms with Crippen LogP contribution in [0.5, 0.6) is 5.75 Å². The average Bonchev–Trinajstić information content (AvgIpc) is 2.41. The van der Waals surface area contributed by atoms with Crippen LogP contribution in [0.2, 0.25) is 0 Å². The molecule has 1 aliphatic rings. The van der Waals surface area contributed by atoms with E-state index in [4.69, 9.17) is 22.1 Å². The van der Waals surface area contributed by atoms with Gasteiger partial charge in [-0.2, -0.15) is 0 Å². The van der Waals surface area contributed by atoms with Crippen molar-refractivity contribution in [3.63, 3.8) is 0 Å². The van der Waals surface area contributed by atoms with E-state index in [0.717, 1.165) is 0 Å². The molecule has 0 atom stereocenters. The fourth-order valence-corrected chi connectivity index (χ4v) is 2.23. The summed E-state index contributed by atoms with van der Waals surface area (Å²) in [5, 5.41) is 13.2. The third kappa shape index (κ3) is 3.89. The summed E-state index contributed by atoms with van der Waals surface area (Å²) in [6.45, 7) is -0.541. The number of rotatable bonds is 4. The Morgan fingerprint density at radius 2 is 1.95 bits per heavy atom. The fraction of sp³-hybridized carbons (Fsp3) is 0.0769. The fourth-order valence-electron chi connectivity index (χ4n) is 1.66. The second-order valence-corrected chi connectivity index (χ2v) is 5.48. The second kappa shape index (κ2) is 6.67. The minimum Gasteiger partial charge on any atom is -0.481 e. The number of carbonyl (C=O) groups is 3. The van der Waals surface area contributed by atoms with E-state index in [1.54, 1.807) is 12.1 Å². The number of carboxylic acids is 1. The second-order valence-electron chi connectivity index (χ2n) is 4.16. The Hall–Kier alpha value is -2.26. The number of aliphatic carboxylic acids is 1. The number of ether oxygens (including phenoxy) is 1. The number of halogens is 1. The van der Waals surface area contributed by atoms with E-state index in [0.29, 0.717) is 10.0 Å². The number of amides is 2. The first-order valence-corrected chi connectivity index (χ1v) is 7.09. The van der Waals surface area contributed by atoms with E-state index in [1.807, 2.05) is 0 Å². The van der Waals surface area contributed by atoms with Crippen molar-refractivity contribution in [1.82, 2.24) is 10.6 Å². The molecule has 0 unspecified atom stereocenters. The Bertz CT molecular complexity index is 694. The number of carbonyl (C=O) groups excluding carboxylic acids is 2. The van der Waals surface area contributed by atoms with Gasteiger partial charge in [-0.1, -0.05) is 15.9 Å². The Kier molecular flexibility index (Phi) is 4.88. The van der Waals surface area contributed by atoms with Gasteiger partial charge in [0.15, 0.2) is 11.7 Å². The number of hydrogen-bond acceptors (Lipinski definition) is 5. The molecule has 7 nitrogen and oxygen atoms in total. The lowest BCUT2D eigenvalue weighted by Gasteiger charge is -2.17. The van der Waals surface area contributed by atoms with Gasteiger partial charge in [0.2, 0.25) is 0 Å². The number of thiocarbonyl (C=S) groups is 1. The highest BCUT2D eigenvalue weighted by Gasteiger charge is 2.26. The van der Waals surface area contributed by atoms with Crippen LogP contribution in [0.15, 0.2) is 28.2 Å². The molecule has 1 aromatic rings. The Labute approximate surface area is 138 Å². The van der Waals surface area contributed by atoms with Crippen LogP contribution in [0.4, 0.5) is 0 Å². The zero-order valence-electron chi connectivity index (χ0n) is 10.9. The summed E-state index contributed by atoms with van der Waals surface area (Å²) in [5.41, 5.74) is 0.218. The SMILES string of the molecule is O=C(O)COc1ccc(Br)cc1C=C1C(=O)NC(=S)NC1=O. The molecule has 0 aliphatic carbocycles. The number of nitrogens with one attached hydrogen (secondary N) is 2. The molecule has 1 saturated heterocycles. The van der Waals surface area contributed by atoms with Gasteiger partial charge >= 0.3 is 5.97 Å². The Morgan fingerprint density at radius 1 is 1.32 bits per heavy atom. The third-order valence-electron chi connectivity index (χ3n) is 2.57. The molecule has 1 heterocycles. The predicted molar refractivity (Wildman–Crippen MR) is 84.1 cm³/mol. The molecule has 9 heteroatoms. The highest BCUT2D eigenvalue weighted by Crippen LogP contribution is 2.26. The molecule has 22 heavy (non-hydrogen) atoms. The third-order valence-corrected chi connectivity index (χ3v) is 3.26. The van der Waals surface area contributed by atoms with Gasteiger partial charge in [0.05, 0.1) is 0 Å². The average molecular weight is 385 g/mol. The Morgan fingerprint density at radius 3 is 2.55 bits per heavy atom. The topological polar surface area (TPSA) is 105 Å². The summed E-state index contributed by atoms with van der Waals surface area (Å²) in [6.07, 6.45) is 1.30. The molecule has 0 aromatic heterocycles. The minimum atomic E-state index is -1.14. The van der Waals surface area contributed by atoms with E-state index >= 15 is 0 Å². The molecule has 0 saturated carbocycles. The molecule has 2 amide bonds. The maximum atomic E-state index is 11.8. The molecule has 3 N–H and O–H groups in total. The first kappa shape index (κ1) is 16.1. The van der Waals surface area contributed by atoms with Gasteiger partial charge < -0.3 is 9.84 Å². The summed E-state index contributed by atoms with van der Waals surface area (Å²) in [6, 6.07) is 4.77. The summed E-state index contributed by atoms with van der Waals surface area (Å²) < 4.78 is 5.81. The summed E-state index contributed by atoms with van der Waals surface area (Å²) >= 11 is 7.96. The lowest BCUT2D eigenvalue weighted by molar-refractivity contribution is -0.139. The van der Waals surface area contributed by atoms with Crippen LogP contribution in [-0.2, 0) is 14.4 Å². The molecule has 0 radical (unpaired) electrons. The van der Waals surface area contributed by atoms with Crippen LogP contribution < -0.4 is 15.4 Å². The molecular weight excluding hydrogens is 376 g/mol. The van der Waals surface area contributed by atoms with Gasteiger partial charge in [-0.15, -0.1) is 0 Å². The van der Waals surface area contributed by atoms with Crippen LogP contribution in [0.1, 0.15) is 5.56 Å². The summed E-state index contributed by atoms with van der Waals surface area (Å²) in [4.78, 5) is 34.2. The van der Waals surface area contributed by atoms with Crippen molar-refractivity contribution in [1.29, 1.82) is 0 Å². The number of benzene rings is 1. The van der Waals surface area contributed by atoms with Crippen LogP contribution in [0.25, 0.3) is 6.08 Å². The van der Waals surface area contributed by atoms with Crippen molar-refractivity contribution in [2.75, 3.05) is 6.61 Å². The minimum absolute atomic E-state index is 0.0660. The van der Waals surface area contributed by atoms with Crippen LogP contribution in [0.3, 0.4) is 0 Å². The van der Waals surface area contributed by atoms with Gasteiger partial charge in [0.1, 0.15) is 11.3 Å². The lowest BCUT2D eigenvalue weighted by Crippen LogP contribution is -2.51. The zero-order chi connectivity index (χ0) is 16.3. The smallest absolute Gasteiger partial charge is 0.341 e.